The van der Waals surface area contributed by atoms with Gasteiger partial charge in [-0.1, -0.05) is 0 Å². The van der Waals surface area contributed by atoms with E-state index in [2.05, 4.69) is 15.4 Å². The van der Waals surface area contributed by atoms with Gasteiger partial charge in [0.2, 0.25) is 5.91 Å². The van der Waals surface area contributed by atoms with Gasteiger partial charge >= 0.3 is 0 Å². The number of nitrogens with one attached hydrogen (secondary N) is 1. The van der Waals surface area contributed by atoms with Crippen LogP contribution in [0.3, 0.4) is 0 Å². The molecule has 0 aliphatic carbocycles. The molecule has 0 aromatic carbocycles. The van der Waals surface area contributed by atoms with E-state index in [1.165, 1.54) is 0 Å². The molecule has 23 heavy (non-hydrogen) atoms. The first-order valence-electron chi connectivity index (χ1n) is 7.77. The fourth-order valence-corrected chi connectivity index (χ4v) is 3.75. The van der Waals surface area contributed by atoms with Gasteiger partial charge in [-0.25, -0.2) is 4.98 Å². The molecule has 0 saturated carbocycles. The van der Waals surface area contributed by atoms with E-state index in [-0.39, 0.29) is 18.1 Å². The first-order chi connectivity index (χ1) is 11.0. The monoisotopic (exact) mass is 334 g/mol. The SMILES string of the molecule is Cc1nc(CC(=O)N[C@H]2CCO[C@@H]2c2c(C)nn(C)c2C)cs1. The summed E-state index contributed by atoms with van der Waals surface area (Å²) >= 11 is 1.57. The Labute approximate surface area is 139 Å². The van der Waals surface area contributed by atoms with E-state index in [1.54, 1.807) is 11.3 Å². The number of hydrogen-bond donors (Lipinski definition) is 1. The number of ether oxygens (including phenoxy) is 1. The van der Waals surface area contributed by atoms with Gasteiger partial charge in [0.25, 0.3) is 0 Å². The van der Waals surface area contributed by atoms with Gasteiger partial charge in [0.15, 0.2) is 0 Å². The minimum Gasteiger partial charge on any atom is -0.371 e. The zero-order valence-electron chi connectivity index (χ0n) is 13.9. The van der Waals surface area contributed by atoms with Gasteiger partial charge in [0, 0.05) is 30.3 Å². The number of carbonyl (C=O) groups is 1. The van der Waals surface area contributed by atoms with E-state index < -0.39 is 0 Å². The average molecular weight is 334 g/mol. The first-order valence-corrected chi connectivity index (χ1v) is 8.65. The average Bonchev–Trinajstić information content (AvgIpc) is 3.14. The molecule has 1 aliphatic rings. The van der Waals surface area contributed by atoms with Gasteiger partial charge in [-0.05, 0) is 27.2 Å². The largest absolute Gasteiger partial charge is 0.371 e. The fourth-order valence-electron chi connectivity index (χ4n) is 3.14. The summed E-state index contributed by atoms with van der Waals surface area (Å²) in [5.74, 6) is -0.00463. The van der Waals surface area contributed by atoms with E-state index >= 15 is 0 Å². The summed E-state index contributed by atoms with van der Waals surface area (Å²) in [5.41, 5.74) is 3.98. The predicted octanol–water partition coefficient (Wildman–Crippen LogP) is 1.99. The van der Waals surface area contributed by atoms with Crippen molar-refractivity contribution in [1.29, 1.82) is 0 Å². The quantitative estimate of drug-likeness (QED) is 0.928. The second-order valence-electron chi connectivity index (χ2n) is 6.00. The standard InChI is InChI=1S/C16H22N4O2S/c1-9-15(10(2)20(4)19-9)16-13(5-6-22-16)18-14(21)7-12-8-23-11(3)17-12/h8,13,16H,5-7H2,1-4H3,(H,18,21)/t13-,16-/m0/s1. The van der Waals surface area contributed by atoms with Crippen LogP contribution >= 0.6 is 11.3 Å². The Morgan fingerprint density at radius 3 is 2.87 bits per heavy atom. The molecule has 2 aromatic rings. The maximum absolute atomic E-state index is 12.3. The maximum atomic E-state index is 12.3. The number of hydrogen-bond acceptors (Lipinski definition) is 5. The Bertz CT molecular complexity index is 722. The summed E-state index contributed by atoms with van der Waals surface area (Å²) in [5, 5.41) is 10.5. The van der Waals surface area contributed by atoms with Crippen LogP contribution in [0.2, 0.25) is 0 Å². The van der Waals surface area contributed by atoms with Crippen molar-refractivity contribution < 1.29 is 9.53 Å². The minimum atomic E-state index is -0.121. The molecule has 0 bridgehead atoms. The van der Waals surface area contributed by atoms with Crippen LogP contribution in [0.1, 0.15) is 40.2 Å². The number of amides is 1. The van der Waals surface area contributed by atoms with Gasteiger partial charge < -0.3 is 10.1 Å². The molecule has 3 heterocycles. The molecule has 1 amide bonds. The highest BCUT2D eigenvalue weighted by Gasteiger charge is 2.34. The Balaban J connectivity index is 1.70. The molecule has 0 unspecified atom stereocenters. The second kappa shape index (κ2) is 6.41. The molecule has 2 aromatic heterocycles. The Morgan fingerprint density at radius 2 is 2.26 bits per heavy atom. The predicted molar refractivity (Wildman–Crippen MR) is 88.5 cm³/mol. The summed E-state index contributed by atoms with van der Waals surface area (Å²) in [4.78, 5) is 16.7. The van der Waals surface area contributed by atoms with Crippen LogP contribution in [0.25, 0.3) is 0 Å². The van der Waals surface area contributed by atoms with E-state index in [0.717, 1.165) is 34.1 Å². The molecular formula is C16H22N4O2S. The lowest BCUT2D eigenvalue weighted by atomic mass is 10.00. The third-order valence-corrected chi connectivity index (χ3v) is 5.12. The van der Waals surface area contributed by atoms with Crippen molar-refractivity contribution in [3.8, 4) is 0 Å². The van der Waals surface area contributed by atoms with Crippen LogP contribution in [0.15, 0.2) is 5.38 Å². The van der Waals surface area contributed by atoms with E-state index in [1.807, 2.05) is 37.9 Å². The highest BCUT2D eigenvalue weighted by Crippen LogP contribution is 2.33. The minimum absolute atomic E-state index is 0.00463. The van der Waals surface area contributed by atoms with Crippen LogP contribution < -0.4 is 5.32 Å². The molecule has 6 nitrogen and oxygen atoms in total. The van der Waals surface area contributed by atoms with Crippen molar-refractivity contribution in [2.75, 3.05) is 6.61 Å². The van der Waals surface area contributed by atoms with Crippen molar-refractivity contribution in [2.45, 2.75) is 45.8 Å². The fraction of sp³-hybridized carbons (Fsp3) is 0.562. The normalized spacial score (nSPS) is 20.9. The van der Waals surface area contributed by atoms with Gasteiger partial charge in [0.05, 0.1) is 28.9 Å². The molecule has 1 aliphatic heterocycles. The first kappa shape index (κ1) is 16.1. The van der Waals surface area contributed by atoms with Crippen molar-refractivity contribution in [3.63, 3.8) is 0 Å². The van der Waals surface area contributed by atoms with Crippen LogP contribution in [0.5, 0.6) is 0 Å². The van der Waals surface area contributed by atoms with Gasteiger partial charge in [-0.2, -0.15) is 5.10 Å². The lowest BCUT2D eigenvalue weighted by Gasteiger charge is -2.20. The maximum Gasteiger partial charge on any atom is 0.226 e. The van der Waals surface area contributed by atoms with E-state index in [9.17, 15) is 4.79 Å². The lowest BCUT2D eigenvalue weighted by Crippen LogP contribution is -2.38. The summed E-state index contributed by atoms with van der Waals surface area (Å²) in [6.45, 7) is 6.62. The van der Waals surface area contributed by atoms with Crippen LogP contribution in [0.4, 0.5) is 0 Å². The molecule has 2 atom stereocenters. The van der Waals surface area contributed by atoms with Gasteiger partial charge in [-0.15, -0.1) is 11.3 Å². The number of aryl methyl sites for hydroxylation is 3. The number of nitrogens with zero attached hydrogens (tertiary/aromatic N) is 3. The zero-order chi connectivity index (χ0) is 16.6. The summed E-state index contributed by atoms with van der Waals surface area (Å²) in [6, 6.07) is -0.0103. The number of aromatic nitrogens is 3. The summed E-state index contributed by atoms with van der Waals surface area (Å²) < 4.78 is 7.76. The molecule has 7 heteroatoms. The Morgan fingerprint density at radius 1 is 1.48 bits per heavy atom. The van der Waals surface area contributed by atoms with Crippen LogP contribution in [-0.4, -0.2) is 33.3 Å². The third kappa shape index (κ3) is 3.30. The highest BCUT2D eigenvalue weighted by atomic mass is 32.1. The number of thiazole rings is 1. The molecule has 0 radical (unpaired) electrons. The molecule has 124 valence electrons. The Kier molecular flexibility index (Phi) is 4.50. The third-order valence-electron chi connectivity index (χ3n) is 4.30. The lowest BCUT2D eigenvalue weighted by molar-refractivity contribution is -0.121. The van der Waals surface area contributed by atoms with Crippen LogP contribution in [0, 0.1) is 20.8 Å². The van der Waals surface area contributed by atoms with Gasteiger partial charge in [0.1, 0.15) is 6.10 Å². The molecule has 1 saturated heterocycles. The molecule has 3 rings (SSSR count). The zero-order valence-corrected chi connectivity index (χ0v) is 14.7. The summed E-state index contributed by atoms with van der Waals surface area (Å²) in [7, 11) is 1.93. The van der Waals surface area contributed by atoms with Gasteiger partial charge in [-0.3, -0.25) is 9.48 Å². The number of carbonyl (C=O) groups excluding carboxylic acids is 1. The van der Waals surface area contributed by atoms with E-state index in [4.69, 9.17) is 4.74 Å². The van der Waals surface area contributed by atoms with Crippen LogP contribution in [-0.2, 0) is 23.0 Å². The highest BCUT2D eigenvalue weighted by molar-refractivity contribution is 7.09. The molecule has 1 fully saturated rings. The Hall–Kier alpha value is -1.73. The smallest absolute Gasteiger partial charge is 0.226 e. The summed E-state index contributed by atoms with van der Waals surface area (Å²) in [6.07, 6.45) is 1.02. The van der Waals surface area contributed by atoms with Crippen molar-refractivity contribution >= 4 is 17.2 Å². The van der Waals surface area contributed by atoms with Crippen molar-refractivity contribution in [1.82, 2.24) is 20.1 Å². The van der Waals surface area contributed by atoms with Crippen molar-refractivity contribution in [2.24, 2.45) is 7.05 Å². The van der Waals surface area contributed by atoms with E-state index in [0.29, 0.717) is 13.0 Å². The second-order valence-corrected chi connectivity index (χ2v) is 7.06. The molecule has 1 N–H and O–H groups in total. The topological polar surface area (TPSA) is 69.0 Å². The number of rotatable bonds is 4. The molecular weight excluding hydrogens is 312 g/mol. The molecule has 0 spiro atoms. The van der Waals surface area contributed by atoms with Crippen molar-refractivity contribution in [3.05, 3.63) is 33.0 Å².